The Kier molecular flexibility index (Phi) is 9.24. The fourth-order valence-electron chi connectivity index (χ4n) is 3.89. The molecule has 0 atom stereocenters. The van der Waals surface area contributed by atoms with Crippen LogP contribution in [0.3, 0.4) is 0 Å². The van der Waals surface area contributed by atoms with Crippen molar-refractivity contribution in [3.63, 3.8) is 0 Å². The molecule has 35 heavy (non-hydrogen) atoms. The molecule has 3 aromatic rings. The van der Waals surface area contributed by atoms with E-state index in [4.69, 9.17) is 9.47 Å². The first-order valence-electron chi connectivity index (χ1n) is 11.8. The highest BCUT2D eigenvalue weighted by atomic mass is 16.5. The summed E-state index contributed by atoms with van der Waals surface area (Å²) in [5.41, 5.74) is 3.83. The highest BCUT2D eigenvalue weighted by molar-refractivity contribution is 5.89. The number of nitrogens with one attached hydrogen (secondary N) is 1. The molecule has 0 unspecified atom stereocenters. The monoisotopic (exact) mass is 470 g/mol. The van der Waals surface area contributed by atoms with Gasteiger partial charge < -0.3 is 14.8 Å². The summed E-state index contributed by atoms with van der Waals surface area (Å²) in [6.07, 6.45) is 11.8. The number of methoxy groups -OCH3 is 2. The van der Waals surface area contributed by atoms with Gasteiger partial charge in [0.05, 0.1) is 14.2 Å². The maximum atomic E-state index is 12.7. The number of aryl methyl sites for hydroxylation is 1. The number of hydrogen-bond acceptors (Lipinski definition) is 4. The van der Waals surface area contributed by atoms with Gasteiger partial charge in [-0.3, -0.25) is 9.78 Å². The van der Waals surface area contributed by atoms with Crippen LogP contribution >= 0.6 is 0 Å². The Labute approximate surface area is 208 Å². The molecule has 0 aliphatic rings. The Bertz CT molecular complexity index is 1120. The van der Waals surface area contributed by atoms with Crippen molar-refractivity contribution in [2.75, 3.05) is 14.2 Å². The Morgan fingerprint density at radius 1 is 0.971 bits per heavy atom. The zero-order valence-electron chi connectivity index (χ0n) is 21.0. The predicted molar refractivity (Wildman–Crippen MR) is 142 cm³/mol. The van der Waals surface area contributed by atoms with Crippen LogP contribution in [0.4, 0.5) is 0 Å². The van der Waals surface area contributed by atoms with Crippen molar-refractivity contribution in [1.29, 1.82) is 0 Å². The first-order valence-corrected chi connectivity index (χ1v) is 11.8. The average molecular weight is 471 g/mol. The van der Waals surface area contributed by atoms with E-state index in [0.29, 0.717) is 0 Å². The van der Waals surface area contributed by atoms with Crippen molar-refractivity contribution < 1.29 is 14.3 Å². The Hall–Kier alpha value is -3.86. The molecule has 5 heteroatoms. The molecule has 1 heterocycles. The third kappa shape index (κ3) is 8.14. The molecule has 1 aromatic heterocycles. The van der Waals surface area contributed by atoms with Gasteiger partial charge in [0.2, 0.25) is 5.91 Å². The molecule has 0 aliphatic carbocycles. The topological polar surface area (TPSA) is 60.5 Å². The smallest absolute Gasteiger partial charge is 0.244 e. The Balaban J connectivity index is 1.71. The summed E-state index contributed by atoms with van der Waals surface area (Å²) in [5.74, 6) is 1.42. The van der Waals surface area contributed by atoms with Crippen LogP contribution in [0.25, 0.3) is 5.57 Å². The zero-order chi connectivity index (χ0) is 25.1. The van der Waals surface area contributed by atoms with Crippen molar-refractivity contribution >= 4 is 11.5 Å². The maximum Gasteiger partial charge on any atom is 0.244 e. The second kappa shape index (κ2) is 12.6. The SMILES string of the molecule is COc1cccc(C(=CC=CC(=O)NC(C)(C)CCCc2cccnc2)c2cccc(OC)c2)c1. The molecule has 0 bridgehead atoms. The van der Waals surface area contributed by atoms with E-state index in [0.717, 1.165) is 47.5 Å². The minimum Gasteiger partial charge on any atom is -0.497 e. The van der Waals surface area contributed by atoms with Gasteiger partial charge in [-0.05, 0) is 85.7 Å². The minimum atomic E-state index is -0.310. The second-order valence-electron chi connectivity index (χ2n) is 8.99. The molecule has 1 amide bonds. The first-order chi connectivity index (χ1) is 16.9. The minimum absolute atomic E-state index is 0.122. The van der Waals surface area contributed by atoms with E-state index in [1.807, 2.05) is 66.9 Å². The number of amides is 1. The molecule has 0 fully saturated rings. The van der Waals surface area contributed by atoms with E-state index in [-0.39, 0.29) is 11.4 Å². The summed E-state index contributed by atoms with van der Waals surface area (Å²) < 4.78 is 10.8. The van der Waals surface area contributed by atoms with Gasteiger partial charge in [0.25, 0.3) is 0 Å². The molecule has 0 saturated carbocycles. The number of hydrogen-bond donors (Lipinski definition) is 1. The number of carbonyl (C=O) groups is 1. The molecule has 5 nitrogen and oxygen atoms in total. The lowest BCUT2D eigenvalue weighted by molar-refractivity contribution is -0.118. The van der Waals surface area contributed by atoms with E-state index in [2.05, 4.69) is 30.2 Å². The van der Waals surface area contributed by atoms with Crippen LogP contribution in [0.5, 0.6) is 11.5 Å². The number of rotatable bonds is 11. The highest BCUT2D eigenvalue weighted by Crippen LogP contribution is 2.28. The van der Waals surface area contributed by atoms with Gasteiger partial charge in [0, 0.05) is 24.0 Å². The van der Waals surface area contributed by atoms with Gasteiger partial charge in [-0.15, -0.1) is 0 Å². The molecule has 3 rings (SSSR count). The molecule has 2 aromatic carbocycles. The summed E-state index contributed by atoms with van der Waals surface area (Å²) in [7, 11) is 3.30. The predicted octanol–water partition coefficient (Wildman–Crippen LogP) is 6.00. The van der Waals surface area contributed by atoms with E-state index < -0.39 is 0 Å². The van der Waals surface area contributed by atoms with Crippen LogP contribution in [-0.4, -0.2) is 30.6 Å². The summed E-state index contributed by atoms with van der Waals surface area (Å²) in [5, 5.41) is 3.12. The summed E-state index contributed by atoms with van der Waals surface area (Å²) in [6, 6.07) is 19.7. The zero-order valence-corrected chi connectivity index (χ0v) is 21.0. The number of benzene rings is 2. The summed E-state index contributed by atoms with van der Waals surface area (Å²) >= 11 is 0. The second-order valence-corrected chi connectivity index (χ2v) is 8.99. The van der Waals surface area contributed by atoms with Crippen LogP contribution in [0, 0.1) is 0 Å². The number of allylic oxidation sites excluding steroid dienone is 2. The summed E-state index contributed by atoms with van der Waals surface area (Å²) in [4.78, 5) is 16.8. The third-order valence-electron chi connectivity index (χ3n) is 5.72. The largest absolute Gasteiger partial charge is 0.497 e. The number of nitrogens with zero attached hydrogens (tertiary/aromatic N) is 1. The van der Waals surface area contributed by atoms with Gasteiger partial charge in [-0.2, -0.15) is 0 Å². The van der Waals surface area contributed by atoms with Gasteiger partial charge >= 0.3 is 0 Å². The average Bonchev–Trinajstić information content (AvgIpc) is 2.87. The van der Waals surface area contributed by atoms with Crippen LogP contribution in [0.15, 0.2) is 91.3 Å². The van der Waals surface area contributed by atoms with Gasteiger partial charge in [-0.1, -0.05) is 42.5 Å². The normalized spacial score (nSPS) is 11.2. The van der Waals surface area contributed by atoms with Crippen LogP contribution in [0.1, 0.15) is 43.4 Å². The van der Waals surface area contributed by atoms with Gasteiger partial charge in [0.1, 0.15) is 11.5 Å². The van der Waals surface area contributed by atoms with Gasteiger partial charge in [-0.25, -0.2) is 0 Å². The number of ether oxygens (including phenoxy) is 2. The van der Waals surface area contributed by atoms with Gasteiger partial charge in [0.15, 0.2) is 0 Å². The van der Waals surface area contributed by atoms with Crippen molar-refractivity contribution in [1.82, 2.24) is 10.3 Å². The lowest BCUT2D eigenvalue weighted by atomic mass is 9.95. The summed E-state index contributed by atoms with van der Waals surface area (Å²) in [6.45, 7) is 4.10. The first kappa shape index (κ1) is 25.8. The third-order valence-corrected chi connectivity index (χ3v) is 5.72. The number of pyridine rings is 1. The van der Waals surface area contributed by atoms with Crippen LogP contribution in [0.2, 0.25) is 0 Å². The van der Waals surface area contributed by atoms with Crippen molar-refractivity contribution in [3.05, 3.63) is 108 Å². The molecular formula is C30H34N2O3. The van der Waals surface area contributed by atoms with Crippen molar-refractivity contribution in [3.8, 4) is 11.5 Å². The Morgan fingerprint density at radius 2 is 1.63 bits per heavy atom. The van der Waals surface area contributed by atoms with E-state index in [1.54, 1.807) is 32.6 Å². The number of carbonyl (C=O) groups excluding carboxylic acids is 1. The lowest BCUT2D eigenvalue weighted by Gasteiger charge is -2.25. The standard InChI is InChI=1S/C30H34N2O3/c1-30(2,18-8-10-23-11-9-19-31-22-23)32-29(33)17-7-16-28(24-12-5-14-26(20-24)34-3)25-13-6-15-27(21-25)35-4/h5-7,9,11-17,19-22H,8,10,18H2,1-4H3,(H,32,33). The molecule has 1 N–H and O–H groups in total. The number of aromatic nitrogens is 1. The van der Waals surface area contributed by atoms with Crippen molar-refractivity contribution in [2.24, 2.45) is 0 Å². The van der Waals surface area contributed by atoms with Crippen LogP contribution < -0.4 is 14.8 Å². The van der Waals surface area contributed by atoms with E-state index in [1.165, 1.54) is 5.56 Å². The maximum absolute atomic E-state index is 12.7. The molecular weight excluding hydrogens is 436 g/mol. The highest BCUT2D eigenvalue weighted by Gasteiger charge is 2.18. The Morgan fingerprint density at radius 3 is 2.20 bits per heavy atom. The molecule has 0 saturated heterocycles. The lowest BCUT2D eigenvalue weighted by Crippen LogP contribution is -2.42. The van der Waals surface area contributed by atoms with E-state index in [9.17, 15) is 4.79 Å². The van der Waals surface area contributed by atoms with Crippen molar-refractivity contribution in [2.45, 2.75) is 38.6 Å². The molecule has 0 radical (unpaired) electrons. The van der Waals surface area contributed by atoms with Crippen LogP contribution in [-0.2, 0) is 11.2 Å². The molecule has 0 aliphatic heterocycles. The quantitative estimate of drug-likeness (QED) is 0.276. The fraction of sp³-hybridized carbons (Fsp3) is 0.267. The molecule has 0 spiro atoms. The molecule has 182 valence electrons. The fourth-order valence-corrected chi connectivity index (χ4v) is 3.89. The van der Waals surface area contributed by atoms with E-state index >= 15 is 0 Å².